The Bertz CT molecular complexity index is 1470. The van der Waals surface area contributed by atoms with Gasteiger partial charge in [-0.05, 0) is 37.6 Å². The third-order valence-electron chi connectivity index (χ3n) is 5.93. The number of non-ortho nitro benzene ring substituents is 1. The Balaban J connectivity index is 1.87. The number of rotatable bonds is 5. The lowest BCUT2D eigenvalue weighted by Gasteiger charge is -2.19. The first-order chi connectivity index (χ1) is 16.5. The van der Waals surface area contributed by atoms with Crippen LogP contribution in [0, 0.1) is 15.9 Å². The fourth-order valence-corrected chi connectivity index (χ4v) is 4.32. The molecule has 0 spiro atoms. The highest BCUT2D eigenvalue weighted by atomic mass is 19.1. The molecule has 1 unspecified atom stereocenters. The Labute approximate surface area is 193 Å². The van der Waals surface area contributed by atoms with Gasteiger partial charge in [-0.1, -0.05) is 6.07 Å². The van der Waals surface area contributed by atoms with Crippen LogP contribution in [0.5, 0.6) is 5.75 Å². The summed E-state index contributed by atoms with van der Waals surface area (Å²) < 4.78 is 20.9. The topological polar surface area (TPSA) is 112 Å². The van der Waals surface area contributed by atoms with E-state index in [9.17, 15) is 19.3 Å². The number of nitro groups is 1. The van der Waals surface area contributed by atoms with Gasteiger partial charge in [0, 0.05) is 41.7 Å². The minimum absolute atomic E-state index is 0.0422. The Morgan fingerprint density at radius 1 is 1.26 bits per heavy atom. The van der Waals surface area contributed by atoms with Gasteiger partial charge in [0.1, 0.15) is 5.82 Å². The lowest BCUT2D eigenvalue weighted by Crippen LogP contribution is -2.29. The molecule has 10 heteroatoms. The first kappa shape index (κ1) is 21.7. The summed E-state index contributed by atoms with van der Waals surface area (Å²) in [4.78, 5) is 33.9. The second-order valence-electron chi connectivity index (χ2n) is 7.97. The Morgan fingerprint density at radius 2 is 2.12 bits per heavy atom. The number of nitrogens with one attached hydrogen (secondary N) is 1. The third-order valence-corrected chi connectivity index (χ3v) is 5.93. The summed E-state index contributed by atoms with van der Waals surface area (Å²) in [6.45, 7) is 0.755. The number of pyridine rings is 1. The minimum atomic E-state index is -0.632. The van der Waals surface area contributed by atoms with Crippen LogP contribution >= 0.6 is 0 Å². The molecule has 0 saturated carbocycles. The van der Waals surface area contributed by atoms with E-state index in [0.717, 1.165) is 19.4 Å². The average Bonchev–Trinajstić information content (AvgIpc) is 3.39. The molecule has 1 N–H and O–H groups in total. The summed E-state index contributed by atoms with van der Waals surface area (Å²) in [7, 11) is 1.36. The van der Waals surface area contributed by atoms with Gasteiger partial charge in [0.15, 0.2) is 11.6 Å². The van der Waals surface area contributed by atoms with Gasteiger partial charge < -0.3 is 10.1 Å². The molecule has 2 aromatic heterocycles. The number of ether oxygens (including phenoxy) is 1. The van der Waals surface area contributed by atoms with Crippen molar-refractivity contribution in [2.75, 3.05) is 13.7 Å². The smallest absolute Gasteiger partial charge is 0.271 e. The van der Waals surface area contributed by atoms with Gasteiger partial charge in [-0.25, -0.2) is 9.37 Å². The molecule has 4 aromatic rings. The number of nitro benzene ring substituents is 1. The first-order valence-electron chi connectivity index (χ1n) is 10.7. The maximum atomic E-state index is 14.6. The zero-order valence-electron chi connectivity index (χ0n) is 18.2. The second-order valence-corrected chi connectivity index (χ2v) is 7.97. The molecule has 34 heavy (non-hydrogen) atoms. The fourth-order valence-electron chi connectivity index (χ4n) is 4.32. The summed E-state index contributed by atoms with van der Waals surface area (Å²) in [5.41, 5.74) is 0.855. The fraction of sp³-hybridized carbons (Fsp3) is 0.208. The van der Waals surface area contributed by atoms with Gasteiger partial charge in [-0.2, -0.15) is 0 Å². The number of hydrogen-bond donors (Lipinski definition) is 1. The van der Waals surface area contributed by atoms with Gasteiger partial charge >= 0.3 is 0 Å². The van der Waals surface area contributed by atoms with Crippen molar-refractivity contribution in [1.29, 1.82) is 0 Å². The number of aromatic nitrogens is 3. The van der Waals surface area contributed by atoms with E-state index in [1.54, 1.807) is 30.6 Å². The lowest BCUT2D eigenvalue weighted by molar-refractivity contribution is -0.384. The van der Waals surface area contributed by atoms with Crippen molar-refractivity contribution in [1.82, 2.24) is 19.9 Å². The summed E-state index contributed by atoms with van der Waals surface area (Å²) in [6.07, 6.45) is 4.80. The highest BCUT2D eigenvalue weighted by molar-refractivity contribution is 5.95. The number of nitrogens with zero attached hydrogens (tertiary/aromatic N) is 4. The number of methoxy groups -OCH3 is 1. The van der Waals surface area contributed by atoms with Crippen molar-refractivity contribution in [3.05, 3.63) is 87.0 Å². The second kappa shape index (κ2) is 8.64. The highest BCUT2D eigenvalue weighted by Crippen LogP contribution is 2.33. The van der Waals surface area contributed by atoms with Crippen molar-refractivity contribution in [2.24, 2.45) is 0 Å². The summed E-state index contributed by atoms with van der Waals surface area (Å²) in [5.74, 6) is -0.174. The van der Waals surface area contributed by atoms with Crippen LogP contribution < -0.4 is 15.6 Å². The third kappa shape index (κ3) is 3.67. The van der Waals surface area contributed by atoms with Crippen molar-refractivity contribution in [2.45, 2.75) is 18.9 Å². The van der Waals surface area contributed by atoms with E-state index in [4.69, 9.17) is 9.72 Å². The van der Waals surface area contributed by atoms with Crippen LogP contribution in [-0.4, -0.2) is 33.1 Å². The molecule has 3 heterocycles. The van der Waals surface area contributed by atoms with Gasteiger partial charge in [0.05, 0.1) is 34.7 Å². The van der Waals surface area contributed by atoms with Crippen LogP contribution in [0.2, 0.25) is 0 Å². The van der Waals surface area contributed by atoms with Crippen LogP contribution in [-0.2, 0) is 0 Å². The predicted molar refractivity (Wildman–Crippen MR) is 124 cm³/mol. The first-order valence-corrected chi connectivity index (χ1v) is 10.7. The monoisotopic (exact) mass is 461 g/mol. The van der Waals surface area contributed by atoms with E-state index >= 15 is 0 Å². The summed E-state index contributed by atoms with van der Waals surface area (Å²) in [6, 6.07) is 10.0. The Kier molecular flexibility index (Phi) is 5.50. The molecule has 172 valence electrons. The Hall–Kier alpha value is -4.18. The predicted octanol–water partition coefficient (Wildman–Crippen LogP) is 3.93. The van der Waals surface area contributed by atoms with E-state index < -0.39 is 16.3 Å². The van der Waals surface area contributed by atoms with Gasteiger partial charge in [0.25, 0.3) is 11.2 Å². The van der Waals surface area contributed by atoms with E-state index in [0.29, 0.717) is 22.5 Å². The van der Waals surface area contributed by atoms with Crippen molar-refractivity contribution in [3.63, 3.8) is 0 Å². The molecule has 1 aliphatic heterocycles. The number of fused-ring (bicyclic) bond motifs is 1. The number of hydrogen-bond acceptors (Lipinski definition) is 7. The largest absolute Gasteiger partial charge is 0.494 e. The molecule has 0 bridgehead atoms. The van der Waals surface area contributed by atoms with Gasteiger partial charge in [-0.15, -0.1) is 0 Å². The zero-order valence-corrected chi connectivity index (χ0v) is 18.2. The minimum Gasteiger partial charge on any atom is -0.494 e. The molecule has 5 rings (SSSR count). The molecule has 1 aliphatic rings. The quantitative estimate of drug-likeness (QED) is 0.354. The number of benzene rings is 2. The maximum Gasteiger partial charge on any atom is 0.271 e. The zero-order chi connectivity index (χ0) is 23.8. The molecule has 9 nitrogen and oxygen atoms in total. The highest BCUT2D eigenvalue weighted by Gasteiger charge is 2.26. The molecule has 1 atom stereocenters. The van der Waals surface area contributed by atoms with Crippen LogP contribution in [0.25, 0.3) is 27.7 Å². The van der Waals surface area contributed by atoms with E-state index in [1.165, 1.54) is 35.9 Å². The molecule has 0 amide bonds. The van der Waals surface area contributed by atoms with E-state index in [1.807, 2.05) is 0 Å². The van der Waals surface area contributed by atoms with Crippen molar-refractivity contribution >= 4 is 16.6 Å². The van der Waals surface area contributed by atoms with Crippen molar-refractivity contribution < 1.29 is 14.1 Å². The number of halogens is 1. The SMILES string of the molecule is COc1ccc(-n2c(C3CCCN3)nc3c(-c4cccnc4)cc([N+](=O)[O-])cc3c2=O)cc1F. The van der Waals surface area contributed by atoms with E-state index in [2.05, 4.69) is 10.3 Å². The van der Waals surface area contributed by atoms with Crippen LogP contribution in [0.15, 0.2) is 59.7 Å². The van der Waals surface area contributed by atoms with E-state index in [-0.39, 0.29) is 28.6 Å². The summed E-state index contributed by atoms with van der Waals surface area (Å²) >= 11 is 0. The Morgan fingerprint density at radius 3 is 2.76 bits per heavy atom. The molecule has 0 radical (unpaired) electrons. The van der Waals surface area contributed by atoms with Gasteiger partial charge in [-0.3, -0.25) is 24.5 Å². The van der Waals surface area contributed by atoms with Gasteiger partial charge in [0.2, 0.25) is 0 Å². The molecule has 1 fully saturated rings. The summed E-state index contributed by atoms with van der Waals surface area (Å²) in [5, 5.41) is 15.1. The van der Waals surface area contributed by atoms with Crippen LogP contribution in [0.1, 0.15) is 24.7 Å². The molecule has 0 aliphatic carbocycles. The standard InChI is InChI=1S/C24H20FN5O4/c1-34-21-7-6-15(12-19(21)25)29-23(20-5-3-9-27-20)28-22-17(14-4-2-8-26-13-14)10-16(30(32)33)11-18(22)24(29)31/h2,4,6-8,10-13,20,27H,3,5,9H2,1H3. The molecule has 2 aromatic carbocycles. The molecular formula is C24H20FN5O4. The van der Waals surface area contributed by atoms with Crippen LogP contribution in [0.3, 0.4) is 0 Å². The lowest BCUT2D eigenvalue weighted by atomic mass is 10.0. The normalized spacial score (nSPS) is 15.5. The molecule has 1 saturated heterocycles. The van der Waals surface area contributed by atoms with Crippen LogP contribution in [0.4, 0.5) is 10.1 Å². The van der Waals surface area contributed by atoms with Crippen molar-refractivity contribution in [3.8, 4) is 22.6 Å². The molecular weight excluding hydrogens is 441 g/mol. The maximum absolute atomic E-state index is 14.6. The average molecular weight is 461 g/mol.